The molecular weight excluding hydrogens is 316 g/mol. The number of hydrogen-bond donors (Lipinski definition) is 2. The number of benzene rings is 1. The van der Waals surface area contributed by atoms with Crippen LogP contribution in [-0.2, 0) is 22.4 Å². The summed E-state index contributed by atoms with van der Waals surface area (Å²) in [6.07, 6.45) is 2.88. The van der Waals surface area contributed by atoms with Crippen molar-refractivity contribution >= 4 is 23.3 Å². The molecule has 0 spiro atoms. The van der Waals surface area contributed by atoms with E-state index in [2.05, 4.69) is 22.5 Å². The molecule has 6 nitrogen and oxygen atoms in total. The molecule has 1 saturated heterocycles. The summed E-state index contributed by atoms with van der Waals surface area (Å²) < 4.78 is 0. The van der Waals surface area contributed by atoms with Gasteiger partial charge in [0.2, 0.25) is 11.8 Å². The van der Waals surface area contributed by atoms with Crippen molar-refractivity contribution in [2.24, 2.45) is 0 Å². The minimum absolute atomic E-state index is 0.0000174. The van der Waals surface area contributed by atoms with Crippen molar-refractivity contribution < 1.29 is 9.59 Å². The van der Waals surface area contributed by atoms with E-state index in [0.717, 1.165) is 24.3 Å². The fourth-order valence-electron chi connectivity index (χ4n) is 2.93. The Hall–Kier alpha value is -2.89. The maximum Gasteiger partial charge on any atom is 0.239 e. The van der Waals surface area contributed by atoms with Gasteiger partial charge in [0.1, 0.15) is 5.82 Å². The highest BCUT2D eigenvalue weighted by molar-refractivity contribution is 5.92. The number of amides is 2. The maximum absolute atomic E-state index is 12.3. The number of rotatable bonds is 5. The van der Waals surface area contributed by atoms with E-state index in [1.807, 2.05) is 41.3 Å². The normalized spacial score (nSPS) is 14.1. The van der Waals surface area contributed by atoms with Gasteiger partial charge in [-0.15, -0.1) is 0 Å². The molecule has 1 aromatic carbocycles. The molecule has 2 amide bonds. The van der Waals surface area contributed by atoms with Crippen LogP contribution >= 0.6 is 0 Å². The van der Waals surface area contributed by atoms with Gasteiger partial charge >= 0.3 is 0 Å². The van der Waals surface area contributed by atoms with Gasteiger partial charge in [0, 0.05) is 13.1 Å². The van der Waals surface area contributed by atoms with Gasteiger partial charge in [0.15, 0.2) is 0 Å². The first-order valence-corrected chi connectivity index (χ1v) is 8.50. The highest BCUT2D eigenvalue weighted by Crippen LogP contribution is 2.16. The van der Waals surface area contributed by atoms with E-state index < -0.39 is 0 Å². The van der Waals surface area contributed by atoms with Crippen LogP contribution in [0.2, 0.25) is 0 Å². The lowest BCUT2D eigenvalue weighted by atomic mass is 10.0. The Morgan fingerprint density at radius 2 is 2.04 bits per heavy atom. The molecule has 1 fully saturated rings. The number of carbonyl (C=O) groups is 2. The summed E-state index contributed by atoms with van der Waals surface area (Å²) in [5, 5.41) is 5.67. The quantitative estimate of drug-likeness (QED) is 0.871. The third kappa shape index (κ3) is 4.35. The predicted octanol–water partition coefficient (Wildman–Crippen LogP) is 1.76. The van der Waals surface area contributed by atoms with Gasteiger partial charge in [0.05, 0.1) is 24.8 Å². The molecule has 0 radical (unpaired) electrons. The number of aryl methyl sites for hydroxylation is 1. The summed E-state index contributed by atoms with van der Waals surface area (Å²) >= 11 is 0. The zero-order valence-electron chi connectivity index (χ0n) is 14.3. The molecule has 1 aromatic heterocycles. The van der Waals surface area contributed by atoms with Crippen molar-refractivity contribution in [1.29, 1.82) is 0 Å². The Kier molecular flexibility index (Phi) is 5.28. The van der Waals surface area contributed by atoms with Crippen molar-refractivity contribution in [2.45, 2.75) is 19.8 Å². The van der Waals surface area contributed by atoms with Gasteiger partial charge in [-0.2, -0.15) is 0 Å². The summed E-state index contributed by atoms with van der Waals surface area (Å²) in [6, 6.07) is 11.6. The number of carbonyl (C=O) groups excluding carboxylic acids is 2. The molecule has 0 aliphatic carbocycles. The molecule has 25 heavy (non-hydrogen) atoms. The predicted molar refractivity (Wildman–Crippen MR) is 97.6 cm³/mol. The van der Waals surface area contributed by atoms with Crippen LogP contribution in [0, 0.1) is 0 Å². The van der Waals surface area contributed by atoms with Gasteiger partial charge in [-0.1, -0.05) is 31.2 Å². The SMILES string of the molecule is CCc1ccccc1CC(=O)Nc1ccc(N2CCNC(=O)C2)nc1. The second-order valence-electron chi connectivity index (χ2n) is 6.02. The Morgan fingerprint density at radius 1 is 1.24 bits per heavy atom. The molecule has 0 unspecified atom stereocenters. The largest absolute Gasteiger partial charge is 0.353 e. The fraction of sp³-hybridized carbons (Fsp3) is 0.316. The lowest BCUT2D eigenvalue weighted by Crippen LogP contribution is -2.48. The summed E-state index contributed by atoms with van der Waals surface area (Å²) in [5.74, 6) is 0.678. The average molecular weight is 338 g/mol. The van der Waals surface area contributed by atoms with Gasteiger partial charge in [-0.25, -0.2) is 4.98 Å². The molecule has 2 aromatic rings. The van der Waals surface area contributed by atoms with Crippen molar-refractivity contribution in [3.63, 3.8) is 0 Å². The molecule has 6 heteroatoms. The Labute approximate surface area is 147 Å². The van der Waals surface area contributed by atoms with Crippen LogP contribution in [0.1, 0.15) is 18.1 Å². The first kappa shape index (κ1) is 17.0. The van der Waals surface area contributed by atoms with Crippen LogP contribution in [0.5, 0.6) is 0 Å². The topological polar surface area (TPSA) is 74.3 Å². The van der Waals surface area contributed by atoms with Crippen LogP contribution in [0.4, 0.5) is 11.5 Å². The van der Waals surface area contributed by atoms with E-state index in [-0.39, 0.29) is 11.8 Å². The molecule has 2 N–H and O–H groups in total. The molecule has 0 saturated carbocycles. The van der Waals surface area contributed by atoms with E-state index in [4.69, 9.17) is 0 Å². The average Bonchev–Trinajstić information content (AvgIpc) is 2.63. The van der Waals surface area contributed by atoms with Crippen LogP contribution < -0.4 is 15.5 Å². The summed E-state index contributed by atoms with van der Waals surface area (Å²) in [7, 11) is 0. The van der Waals surface area contributed by atoms with Gasteiger partial charge in [-0.05, 0) is 29.7 Å². The minimum Gasteiger partial charge on any atom is -0.353 e. The zero-order chi connectivity index (χ0) is 17.6. The van der Waals surface area contributed by atoms with Crippen molar-refractivity contribution in [1.82, 2.24) is 10.3 Å². The molecule has 1 aliphatic heterocycles. The minimum atomic E-state index is -0.0622. The Morgan fingerprint density at radius 3 is 2.72 bits per heavy atom. The maximum atomic E-state index is 12.3. The Bertz CT molecular complexity index is 758. The molecular formula is C19H22N4O2. The van der Waals surface area contributed by atoms with Gasteiger partial charge in [0.25, 0.3) is 0 Å². The van der Waals surface area contributed by atoms with Crippen molar-refractivity contribution in [3.05, 3.63) is 53.7 Å². The van der Waals surface area contributed by atoms with Crippen molar-refractivity contribution in [2.75, 3.05) is 29.9 Å². The third-order valence-corrected chi connectivity index (χ3v) is 4.24. The fourth-order valence-corrected chi connectivity index (χ4v) is 2.93. The first-order valence-electron chi connectivity index (χ1n) is 8.50. The van der Waals surface area contributed by atoms with Crippen LogP contribution in [0.3, 0.4) is 0 Å². The van der Waals surface area contributed by atoms with E-state index in [1.165, 1.54) is 5.56 Å². The highest BCUT2D eigenvalue weighted by Gasteiger charge is 2.17. The number of nitrogens with zero attached hydrogens (tertiary/aromatic N) is 2. The number of nitrogens with one attached hydrogen (secondary N) is 2. The summed E-state index contributed by atoms with van der Waals surface area (Å²) in [4.78, 5) is 30.0. The second-order valence-corrected chi connectivity index (χ2v) is 6.02. The Balaban J connectivity index is 1.61. The molecule has 3 rings (SSSR count). The molecule has 2 heterocycles. The number of hydrogen-bond acceptors (Lipinski definition) is 4. The molecule has 0 bridgehead atoms. The van der Waals surface area contributed by atoms with E-state index in [9.17, 15) is 9.59 Å². The van der Waals surface area contributed by atoms with Gasteiger partial charge in [-0.3, -0.25) is 9.59 Å². The number of pyridine rings is 1. The van der Waals surface area contributed by atoms with Crippen LogP contribution in [-0.4, -0.2) is 36.4 Å². The van der Waals surface area contributed by atoms with E-state index in [1.54, 1.807) is 6.20 Å². The second kappa shape index (κ2) is 7.79. The molecule has 0 atom stereocenters. The smallest absolute Gasteiger partial charge is 0.239 e. The van der Waals surface area contributed by atoms with Crippen LogP contribution in [0.15, 0.2) is 42.6 Å². The lowest BCUT2D eigenvalue weighted by Gasteiger charge is -2.27. The monoisotopic (exact) mass is 338 g/mol. The van der Waals surface area contributed by atoms with E-state index in [0.29, 0.717) is 25.2 Å². The third-order valence-electron chi connectivity index (χ3n) is 4.24. The first-order chi connectivity index (χ1) is 12.2. The standard InChI is InChI=1S/C19H22N4O2/c1-2-14-5-3-4-6-15(14)11-18(24)22-16-7-8-17(21-12-16)23-10-9-20-19(25)13-23/h3-8,12H,2,9-11,13H2,1H3,(H,20,25)(H,22,24). The van der Waals surface area contributed by atoms with E-state index >= 15 is 0 Å². The molecule has 130 valence electrons. The highest BCUT2D eigenvalue weighted by atomic mass is 16.2. The van der Waals surface area contributed by atoms with Crippen LogP contribution in [0.25, 0.3) is 0 Å². The lowest BCUT2D eigenvalue weighted by molar-refractivity contribution is -0.120. The summed E-state index contributed by atoms with van der Waals surface area (Å²) in [5.41, 5.74) is 2.89. The number of piperazine rings is 1. The van der Waals surface area contributed by atoms with Crippen molar-refractivity contribution in [3.8, 4) is 0 Å². The summed E-state index contributed by atoms with van der Waals surface area (Å²) in [6.45, 7) is 3.75. The number of anilines is 2. The molecule has 1 aliphatic rings. The number of aromatic nitrogens is 1. The van der Waals surface area contributed by atoms with Gasteiger partial charge < -0.3 is 15.5 Å². The zero-order valence-corrected chi connectivity index (χ0v) is 14.3.